The van der Waals surface area contributed by atoms with Gasteiger partial charge in [0.2, 0.25) is 0 Å². The number of aliphatic imine (C=N–C) groups is 1. The Morgan fingerprint density at radius 3 is 2.77 bits per heavy atom. The van der Waals surface area contributed by atoms with Gasteiger partial charge in [-0.1, -0.05) is 24.8 Å². The van der Waals surface area contributed by atoms with Crippen LogP contribution in [0.15, 0.2) is 60.2 Å². The number of hydrogen-bond donors (Lipinski definition) is 2. The molecule has 30 heavy (non-hydrogen) atoms. The molecular formula is C23H32BN5S. The first-order valence-electron chi connectivity index (χ1n) is 10.4. The summed E-state index contributed by atoms with van der Waals surface area (Å²) in [4.78, 5) is 10.3. The number of likely N-dealkylation sites (tertiary alicyclic amines) is 1. The highest BCUT2D eigenvalue weighted by molar-refractivity contribution is 7.21. The number of thiophene rings is 1. The first-order chi connectivity index (χ1) is 14.4. The molecular weight excluding hydrogens is 389 g/mol. The minimum absolute atomic E-state index is 0.366. The van der Waals surface area contributed by atoms with Crippen molar-refractivity contribution >= 4 is 41.2 Å². The number of piperidine rings is 1. The van der Waals surface area contributed by atoms with Gasteiger partial charge in [0.15, 0.2) is 13.8 Å². The molecule has 3 rings (SSSR count). The zero-order valence-electron chi connectivity index (χ0n) is 18.3. The summed E-state index contributed by atoms with van der Waals surface area (Å²) in [7, 11) is 6.44. The first kappa shape index (κ1) is 22.3. The lowest BCUT2D eigenvalue weighted by Gasteiger charge is -2.35. The van der Waals surface area contributed by atoms with Crippen molar-refractivity contribution in [1.29, 1.82) is 0 Å². The van der Waals surface area contributed by atoms with Crippen LogP contribution in [0.25, 0.3) is 5.57 Å². The normalized spacial score (nSPS) is 16.4. The molecule has 0 atom stereocenters. The van der Waals surface area contributed by atoms with E-state index in [4.69, 9.17) is 5.73 Å². The summed E-state index contributed by atoms with van der Waals surface area (Å²) in [5, 5.41) is 3.18. The van der Waals surface area contributed by atoms with Crippen LogP contribution in [0, 0.1) is 0 Å². The van der Waals surface area contributed by atoms with E-state index in [9.17, 15) is 0 Å². The van der Waals surface area contributed by atoms with Gasteiger partial charge in [-0.2, -0.15) is 11.3 Å². The Hall–Kier alpha value is -2.35. The topological polar surface area (TPSA) is 56.9 Å². The van der Waals surface area contributed by atoms with Crippen LogP contribution in [-0.4, -0.2) is 56.8 Å². The molecule has 2 heterocycles. The van der Waals surface area contributed by atoms with E-state index < -0.39 is 0 Å². The number of allylic oxidation sites excluding steroid dienone is 2. The second-order valence-corrected chi connectivity index (χ2v) is 9.35. The van der Waals surface area contributed by atoms with E-state index in [0.717, 1.165) is 35.8 Å². The fourth-order valence-corrected chi connectivity index (χ4v) is 4.49. The largest absolute Gasteiger partial charge is 0.369 e. The van der Waals surface area contributed by atoms with Gasteiger partial charge in [-0.15, -0.1) is 0 Å². The summed E-state index contributed by atoms with van der Waals surface area (Å²) in [6.45, 7) is 7.33. The summed E-state index contributed by atoms with van der Waals surface area (Å²) in [5.41, 5.74) is 9.23. The number of guanidine groups is 1. The fourth-order valence-electron chi connectivity index (χ4n) is 3.68. The lowest BCUT2D eigenvalue weighted by molar-refractivity contribution is 0.140. The van der Waals surface area contributed by atoms with Crippen molar-refractivity contribution in [1.82, 2.24) is 9.80 Å². The van der Waals surface area contributed by atoms with Crippen molar-refractivity contribution in [3.63, 3.8) is 0 Å². The number of nitrogens with one attached hydrogen (secondary N) is 1. The summed E-state index contributed by atoms with van der Waals surface area (Å²) < 4.78 is 1.27. The maximum atomic E-state index is 6.06. The quantitative estimate of drug-likeness (QED) is 0.312. The van der Waals surface area contributed by atoms with E-state index in [2.05, 4.69) is 79.0 Å². The second kappa shape index (κ2) is 10.6. The number of rotatable bonds is 7. The molecule has 1 aromatic heterocycles. The first-order valence-corrected chi connectivity index (χ1v) is 11.2. The van der Waals surface area contributed by atoms with Gasteiger partial charge in [0.25, 0.3) is 0 Å². The molecule has 1 aliphatic heterocycles. The van der Waals surface area contributed by atoms with E-state index in [1.165, 1.54) is 23.2 Å². The third-order valence-corrected chi connectivity index (χ3v) is 6.52. The minimum atomic E-state index is 0.366. The van der Waals surface area contributed by atoms with Crippen LogP contribution in [0.3, 0.4) is 0 Å². The predicted octanol–water partition coefficient (Wildman–Crippen LogP) is 2.49. The Morgan fingerprint density at radius 1 is 1.33 bits per heavy atom. The highest BCUT2D eigenvalue weighted by atomic mass is 32.1. The number of nitrogens with two attached hydrogens (primary N) is 1. The lowest BCUT2D eigenvalue weighted by atomic mass is 10.0. The van der Waals surface area contributed by atoms with Crippen LogP contribution in [0.4, 0.5) is 5.69 Å². The van der Waals surface area contributed by atoms with Crippen molar-refractivity contribution in [3.05, 3.63) is 65.7 Å². The minimum Gasteiger partial charge on any atom is -0.369 e. The predicted molar refractivity (Wildman–Crippen MR) is 134 cm³/mol. The van der Waals surface area contributed by atoms with Gasteiger partial charge in [-0.25, -0.2) is 4.99 Å². The van der Waals surface area contributed by atoms with E-state index >= 15 is 0 Å². The van der Waals surface area contributed by atoms with Crippen molar-refractivity contribution in [2.45, 2.75) is 25.4 Å². The highest BCUT2D eigenvalue weighted by Crippen LogP contribution is 2.19. The second-order valence-electron chi connectivity index (χ2n) is 8.06. The van der Waals surface area contributed by atoms with Gasteiger partial charge in [0.1, 0.15) is 0 Å². The molecule has 0 radical (unpaired) electrons. The van der Waals surface area contributed by atoms with Crippen LogP contribution in [0.1, 0.15) is 23.3 Å². The molecule has 0 spiro atoms. The van der Waals surface area contributed by atoms with E-state index in [1.807, 2.05) is 12.1 Å². The summed E-state index contributed by atoms with van der Waals surface area (Å²) in [5.74, 6) is 0.366. The van der Waals surface area contributed by atoms with Crippen molar-refractivity contribution in [2.75, 3.05) is 32.5 Å². The summed E-state index contributed by atoms with van der Waals surface area (Å²) in [6.07, 6.45) is 6.03. The van der Waals surface area contributed by atoms with Crippen molar-refractivity contribution in [2.24, 2.45) is 10.7 Å². The van der Waals surface area contributed by atoms with E-state index in [-0.39, 0.29) is 0 Å². The third kappa shape index (κ3) is 6.59. The monoisotopic (exact) mass is 421 g/mol. The Balaban J connectivity index is 1.52. The van der Waals surface area contributed by atoms with Crippen molar-refractivity contribution < 1.29 is 0 Å². The van der Waals surface area contributed by atoms with Crippen LogP contribution in [0.2, 0.25) is 0 Å². The van der Waals surface area contributed by atoms with Gasteiger partial charge in [0, 0.05) is 29.4 Å². The SMILES string of the molecule is Bc1ccc(C(=C)/C=C\N=C(/N)Nc2cccc(CN3CCC(N(C)C)CC3)c2)s1. The molecule has 0 saturated carbocycles. The Labute approximate surface area is 185 Å². The van der Waals surface area contributed by atoms with Crippen LogP contribution >= 0.6 is 11.3 Å². The van der Waals surface area contributed by atoms with E-state index in [0.29, 0.717) is 12.0 Å². The van der Waals surface area contributed by atoms with Gasteiger partial charge in [0.05, 0.1) is 0 Å². The maximum absolute atomic E-state index is 6.06. The van der Waals surface area contributed by atoms with Gasteiger partial charge in [-0.3, -0.25) is 4.90 Å². The molecule has 0 aliphatic carbocycles. The summed E-state index contributed by atoms with van der Waals surface area (Å²) >= 11 is 1.72. The number of benzene rings is 1. The molecule has 7 heteroatoms. The van der Waals surface area contributed by atoms with Crippen LogP contribution in [0.5, 0.6) is 0 Å². The molecule has 3 N–H and O–H groups in total. The van der Waals surface area contributed by atoms with Gasteiger partial charge >= 0.3 is 0 Å². The lowest BCUT2D eigenvalue weighted by Crippen LogP contribution is -2.41. The number of hydrogen-bond acceptors (Lipinski definition) is 4. The molecule has 0 bridgehead atoms. The van der Waals surface area contributed by atoms with Crippen LogP contribution in [-0.2, 0) is 6.54 Å². The van der Waals surface area contributed by atoms with Gasteiger partial charge < -0.3 is 16.0 Å². The molecule has 2 aromatic rings. The van der Waals surface area contributed by atoms with E-state index in [1.54, 1.807) is 17.5 Å². The molecule has 1 aliphatic rings. The average Bonchev–Trinajstić information content (AvgIpc) is 3.15. The molecule has 0 unspecified atom stereocenters. The van der Waals surface area contributed by atoms with Gasteiger partial charge in [-0.05, 0) is 80.2 Å². The Bertz CT molecular complexity index is 910. The zero-order chi connectivity index (χ0) is 21.5. The Morgan fingerprint density at radius 2 is 2.10 bits per heavy atom. The molecule has 158 valence electrons. The molecule has 1 fully saturated rings. The number of anilines is 1. The molecule has 1 saturated heterocycles. The standard InChI is InChI=1S/C23H32BN5S/c1-17(21-7-8-22(24)30-21)9-12-26-23(25)27-19-6-4-5-18(15-19)16-29-13-10-20(11-14-29)28(2)3/h4-9,12,15,20H,1,10-11,13-14,16,24H2,2-3H3,(H3,25,26,27)/b12-9-. The Kier molecular flexibility index (Phi) is 7.91. The smallest absolute Gasteiger partial charge is 0.197 e. The molecule has 1 aromatic carbocycles. The zero-order valence-corrected chi connectivity index (χ0v) is 19.1. The third-order valence-electron chi connectivity index (χ3n) is 5.44. The maximum Gasteiger partial charge on any atom is 0.197 e. The summed E-state index contributed by atoms with van der Waals surface area (Å²) in [6, 6.07) is 13.3. The molecule has 0 amide bonds. The van der Waals surface area contributed by atoms with Crippen LogP contribution < -0.4 is 15.8 Å². The van der Waals surface area contributed by atoms with Crippen molar-refractivity contribution in [3.8, 4) is 0 Å². The fraction of sp³-hybridized carbons (Fsp3) is 0.348. The highest BCUT2D eigenvalue weighted by Gasteiger charge is 2.20. The molecule has 5 nitrogen and oxygen atoms in total. The number of nitrogens with zero attached hydrogens (tertiary/aromatic N) is 3. The average molecular weight is 421 g/mol.